The first-order valence-corrected chi connectivity index (χ1v) is 4.26. The monoisotopic (exact) mass is 170 g/mol. The van der Waals surface area contributed by atoms with Crippen LogP contribution in [0.2, 0.25) is 0 Å². The molecule has 0 aromatic heterocycles. The second-order valence-corrected chi connectivity index (χ2v) is 2.77. The molecule has 0 amide bonds. The fraction of sp³-hybridized carbons (Fsp3) is 1.00. The molecule has 68 valence electrons. The largest absolute Gasteiger partial charge is 0.378 e. The van der Waals surface area contributed by atoms with Crippen molar-refractivity contribution in [1.29, 1.82) is 0 Å². The summed E-state index contributed by atoms with van der Waals surface area (Å²) in [4.78, 5) is 2.65. The van der Waals surface area contributed by atoms with Gasteiger partial charge in [-0.3, -0.25) is 0 Å². The van der Waals surface area contributed by atoms with Crippen LogP contribution in [0.3, 0.4) is 0 Å². The molecular weight excluding hydrogens is 156 g/mol. The van der Waals surface area contributed by atoms with E-state index in [2.05, 4.69) is 15.3 Å². The van der Waals surface area contributed by atoms with E-state index in [-0.39, 0.29) is 0 Å². The number of rotatable bonds is 4. The molecular formula is C7H14N4O. The molecule has 0 unspecified atom stereocenters. The van der Waals surface area contributed by atoms with Gasteiger partial charge in [0.05, 0.1) is 12.7 Å². The van der Waals surface area contributed by atoms with E-state index in [0.29, 0.717) is 19.3 Å². The summed E-state index contributed by atoms with van der Waals surface area (Å²) in [6.07, 6.45) is 2.49. The van der Waals surface area contributed by atoms with Crippen LogP contribution >= 0.6 is 0 Å². The Bertz CT molecular complexity index is 161. The smallest absolute Gasteiger partial charge is 0.0599 e. The van der Waals surface area contributed by atoms with Crippen LogP contribution in [0.25, 0.3) is 10.4 Å². The number of hydrogen-bond donors (Lipinski definition) is 1. The lowest BCUT2D eigenvalue weighted by molar-refractivity contribution is 0.0380. The zero-order valence-electron chi connectivity index (χ0n) is 7.07. The van der Waals surface area contributed by atoms with Crippen LogP contribution < -0.4 is 5.32 Å². The van der Waals surface area contributed by atoms with E-state index in [0.717, 1.165) is 25.9 Å². The minimum Gasteiger partial charge on any atom is -0.378 e. The molecule has 1 aliphatic heterocycles. The van der Waals surface area contributed by atoms with Crippen LogP contribution in [0.4, 0.5) is 0 Å². The van der Waals surface area contributed by atoms with Gasteiger partial charge in [-0.05, 0) is 31.5 Å². The molecule has 0 aromatic carbocycles. The normalized spacial score (nSPS) is 18.7. The highest BCUT2D eigenvalue weighted by Gasteiger charge is 2.11. The maximum Gasteiger partial charge on any atom is 0.0599 e. The molecule has 1 heterocycles. The zero-order chi connectivity index (χ0) is 8.65. The second kappa shape index (κ2) is 5.83. The highest BCUT2D eigenvalue weighted by atomic mass is 16.5. The second-order valence-electron chi connectivity index (χ2n) is 2.77. The van der Waals surface area contributed by atoms with Gasteiger partial charge in [0.15, 0.2) is 0 Å². The van der Waals surface area contributed by atoms with Crippen molar-refractivity contribution in [2.45, 2.75) is 18.9 Å². The first-order valence-electron chi connectivity index (χ1n) is 4.26. The van der Waals surface area contributed by atoms with Crippen LogP contribution in [0.15, 0.2) is 5.11 Å². The number of hydrogen-bond acceptors (Lipinski definition) is 3. The van der Waals surface area contributed by atoms with Crippen LogP contribution in [0.1, 0.15) is 12.8 Å². The SMILES string of the molecule is [N-]=[N+]=NCCOC1CCNCC1. The molecule has 12 heavy (non-hydrogen) atoms. The van der Waals surface area contributed by atoms with Crippen molar-refractivity contribution in [3.05, 3.63) is 10.4 Å². The number of piperidine rings is 1. The van der Waals surface area contributed by atoms with E-state index in [9.17, 15) is 0 Å². The highest BCUT2D eigenvalue weighted by molar-refractivity contribution is 4.68. The standard InChI is InChI=1S/C7H14N4O/c8-11-10-5-6-12-7-1-3-9-4-2-7/h7,9H,1-6H2. The lowest BCUT2D eigenvalue weighted by Gasteiger charge is -2.22. The topological polar surface area (TPSA) is 70.0 Å². The predicted octanol–water partition coefficient (Wildman–Crippen LogP) is 1.07. The first-order chi connectivity index (χ1) is 5.93. The number of nitrogens with zero attached hydrogens (tertiary/aromatic N) is 3. The van der Waals surface area contributed by atoms with Crippen molar-refractivity contribution in [2.24, 2.45) is 5.11 Å². The maximum atomic E-state index is 8.00. The Labute approximate surface area is 71.7 Å². The summed E-state index contributed by atoms with van der Waals surface area (Å²) in [5.74, 6) is 0. The van der Waals surface area contributed by atoms with Crippen LogP contribution in [0.5, 0.6) is 0 Å². The summed E-state index contributed by atoms with van der Waals surface area (Å²) in [5.41, 5.74) is 8.00. The fourth-order valence-electron chi connectivity index (χ4n) is 1.27. The van der Waals surface area contributed by atoms with Gasteiger partial charge in [0.25, 0.3) is 0 Å². The highest BCUT2D eigenvalue weighted by Crippen LogP contribution is 2.06. The number of nitrogens with one attached hydrogen (secondary N) is 1. The molecule has 0 aliphatic carbocycles. The molecule has 0 saturated carbocycles. The van der Waals surface area contributed by atoms with E-state index >= 15 is 0 Å². The van der Waals surface area contributed by atoms with E-state index in [1.54, 1.807) is 0 Å². The lowest BCUT2D eigenvalue weighted by atomic mass is 10.1. The Balaban J connectivity index is 2.01. The molecule has 0 spiro atoms. The number of azide groups is 1. The first kappa shape index (κ1) is 9.32. The Hall–Kier alpha value is -0.770. The summed E-state index contributed by atoms with van der Waals surface area (Å²) >= 11 is 0. The molecule has 1 aliphatic rings. The minimum atomic E-state index is 0.361. The van der Waals surface area contributed by atoms with Crippen molar-refractivity contribution in [3.8, 4) is 0 Å². The van der Waals surface area contributed by atoms with Gasteiger partial charge in [-0.1, -0.05) is 5.11 Å². The van der Waals surface area contributed by atoms with E-state index in [4.69, 9.17) is 10.3 Å². The molecule has 0 aromatic rings. The summed E-state index contributed by atoms with van der Waals surface area (Å²) < 4.78 is 5.48. The Morgan fingerprint density at radius 1 is 1.50 bits per heavy atom. The number of ether oxygens (including phenoxy) is 1. The lowest BCUT2D eigenvalue weighted by Crippen LogP contribution is -2.32. The van der Waals surface area contributed by atoms with Crippen molar-refractivity contribution in [3.63, 3.8) is 0 Å². The molecule has 1 fully saturated rings. The average Bonchev–Trinajstić information content (AvgIpc) is 2.14. The van der Waals surface area contributed by atoms with Crippen LogP contribution in [-0.2, 0) is 4.74 Å². The van der Waals surface area contributed by atoms with Gasteiger partial charge >= 0.3 is 0 Å². The summed E-state index contributed by atoms with van der Waals surface area (Å²) in [7, 11) is 0. The summed E-state index contributed by atoms with van der Waals surface area (Å²) in [6, 6.07) is 0. The van der Waals surface area contributed by atoms with Gasteiger partial charge in [-0.15, -0.1) is 0 Å². The van der Waals surface area contributed by atoms with E-state index in [1.165, 1.54) is 0 Å². The fourth-order valence-corrected chi connectivity index (χ4v) is 1.27. The van der Waals surface area contributed by atoms with E-state index in [1.807, 2.05) is 0 Å². The Morgan fingerprint density at radius 3 is 2.92 bits per heavy atom. The van der Waals surface area contributed by atoms with E-state index < -0.39 is 0 Å². The molecule has 1 N–H and O–H groups in total. The van der Waals surface area contributed by atoms with Crippen molar-refractivity contribution in [2.75, 3.05) is 26.2 Å². The average molecular weight is 170 g/mol. The molecule has 1 rings (SSSR count). The molecule has 0 radical (unpaired) electrons. The van der Waals surface area contributed by atoms with Gasteiger partial charge in [0, 0.05) is 11.5 Å². The van der Waals surface area contributed by atoms with Crippen LogP contribution in [0, 0.1) is 0 Å². The third kappa shape index (κ3) is 3.57. The van der Waals surface area contributed by atoms with Crippen molar-refractivity contribution < 1.29 is 4.74 Å². The predicted molar refractivity (Wildman–Crippen MR) is 45.9 cm³/mol. The minimum absolute atomic E-state index is 0.361. The van der Waals surface area contributed by atoms with Gasteiger partial charge in [-0.2, -0.15) is 0 Å². The molecule has 0 bridgehead atoms. The van der Waals surface area contributed by atoms with Gasteiger partial charge in [-0.25, -0.2) is 0 Å². The Kier molecular flexibility index (Phi) is 4.52. The summed E-state index contributed by atoms with van der Waals surface area (Å²) in [6.45, 7) is 3.06. The third-order valence-electron chi connectivity index (χ3n) is 1.89. The van der Waals surface area contributed by atoms with Gasteiger partial charge in [0.1, 0.15) is 0 Å². The van der Waals surface area contributed by atoms with Gasteiger partial charge in [0.2, 0.25) is 0 Å². The molecule has 0 atom stereocenters. The molecule has 5 nitrogen and oxygen atoms in total. The van der Waals surface area contributed by atoms with Gasteiger partial charge < -0.3 is 10.1 Å². The van der Waals surface area contributed by atoms with Crippen LogP contribution in [-0.4, -0.2) is 32.3 Å². The van der Waals surface area contributed by atoms with Crippen molar-refractivity contribution >= 4 is 0 Å². The molecule has 5 heteroatoms. The quantitative estimate of drug-likeness (QED) is 0.296. The third-order valence-corrected chi connectivity index (χ3v) is 1.89. The van der Waals surface area contributed by atoms with Crippen molar-refractivity contribution in [1.82, 2.24) is 5.32 Å². The maximum absolute atomic E-state index is 8.00. The zero-order valence-corrected chi connectivity index (χ0v) is 7.07. The molecule has 1 saturated heterocycles. The summed E-state index contributed by atoms with van der Waals surface area (Å²) in [5, 5.41) is 6.65. The Morgan fingerprint density at radius 2 is 2.25 bits per heavy atom.